The van der Waals surface area contributed by atoms with Gasteiger partial charge in [0.15, 0.2) is 0 Å². The molecular formula is C29H46ClN5O7. The number of alkyl halides is 1. The van der Waals surface area contributed by atoms with Gasteiger partial charge in [0.2, 0.25) is 11.9 Å². The van der Waals surface area contributed by atoms with Gasteiger partial charge in [-0.3, -0.25) is 10.1 Å². The van der Waals surface area contributed by atoms with Gasteiger partial charge in [-0.1, -0.05) is 12.1 Å². The summed E-state index contributed by atoms with van der Waals surface area (Å²) in [6.07, 6.45) is -1.95. The van der Waals surface area contributed by atoms with Gasteiger partial charge in [-0.15, -0.1) is 16.6 Å². The molecule has 4 amide bonds. The van der Waals surface area contributed by atoms with Gasteiger partial charge in [-0.05, 0) is 92.9 Å². The van der Waals surface area contributed by atoms with E-state index in [1.807, 2.05) is 12.1 Å². The van der Waals surface area contributed by atoms with Gasteiger partial charge < -0.3 is 29.7 Å². The van der Waals surface area contributed by atoms with E-state index >= 15 is 0 Å². The monoisotopic (exact) mass is 611 g/mol. The van der Waals surface area contributed by atoms with E-state index in [1.165, 1.54) is 4.90 Å². The summed E-state index contributed by atoms with van der Waals surface area (Å²) in [6.45, 7) is 15.5. The Kier molecular flexibility index (Phi) is 13.6. The third kappa shape index (κ3) is 15.5. The Hall–Kier alpha value is -3.54. The Morgan fingerprint density at radius 3 is 1.88 bits per heavy atom. The molecule has 236 valence electrons. The predicted molar refractivity (Wildman–Crippen MR) is 163 cm³/mol. The van der Waals surface area contributed by atoms with Crippen molar-refractivity contribution in [2.24, 2.45) is 4.99 Å². The number of nitrogens with zero attached hydrogens (tertiary/aromatic N) is 2. The molecule has 0 aliphatic carbocycles. The van der Waals surface area contributed by atoms with Crippen molar-refractivity contribution < 1.29 is 33.4 Å². The molecule has 0 aliphatic rings. The lowest BCUT2D eigenvalue weighted by Crippen LogP contribution is -2.49. The first-order valence-corrected chi connectivity index (χ1v) is 14.2. The first-order chi connectivity index (χ1) is 19.2. The maximum atomic E-state index is 13.4. The number of anilines is 1. The highest BCUT2D eigenvalue weighted by Crippen LogP contribution is 2.17. The smallest absolute Gasteiger partial charge is 0.437 e. The minimum Gasteiger partial charge on any atom is -0.444 e. The topological polar surface area (TPSA) is 148 Å². The van der Waals surface area contributed by atoms with Crippen LogP contribution in [-0.2, 0) is 24.9 Å². The highest BCUT2D eigenvalue weighted by molar-refractivity contribution is 6.17. The molecule has 0 saturated heterocycles. The van der Waals surface area contributed by atoms with Crippen molar-refractivity contribution in [1.29, 1.82) is 0 Å². The van der Waals surface area contributed by atoms with Crippen LogP contribution in [0.5, 0.6) is 0 Å². The molecule has 0 radical (unpaired) electrons. The van der Waals surface area contributed by atoms with Crippen LogP contribution >= 0.6 is 11.6 Å². The number of guanidine groups is 1. The first-order valence-electron chi connectivity index (χ1n) is 13.7. The summed E-state index contributed by atoms with van der Waals surface area (Å²) in [5.74, 6) is -0.206. The quantitative estimate of drug-likeness (QED) is 0.115. The maximum absolute atomic E-state index is 13.4. The van der Waals surface area contributed by atoms with Crippen molar-refractivity contribution in [3.63, 3.8) is 0 Å². The zero-order valence-electron chi connectivity index (χ0n) is 26.3. The molecule has 1 aromatic rings. The number of carbonyl (C=O) groups excluding carboxylic acids is 4. The van der Waals surface area contributed by atoms with Crippen LogP contribution in [0, 0.1) is 0 Å². The van der Waals surface area contributed by atoms with Crippen molar-refractivity contribution in [2.75, 3.05) is 18.5 Å². The standard InChI is InChI=1S/C29H46ClN5O7/c1-27(2,3)40-24(37)32-21(22(36)35(10)20-15-13-19(18-30)14-16-20)12-11-17-31-23(33-25(38)41-28(4,5)6)34-26(39)42-29(7,8)9/h13-16,21H,11-12,17-18H2,1-10H3,(H,32,37)(H2,31,33,34,38,39)/t21-/m0/s1. The summed E-state index contributed by atoms with van der Waals surface area (Å²) >= 11 is 5.87. The fourth-order valence-corrected chi connectivity index (χ4v) is 3.46. The number of rotatable bonds is 8. The SMILES string of the molecule is CN(C(=O)[C@H](CCCN/C(=N/C(=O)OC(C)(C)C)NC(=O)OC(C)(C)C)NC(=O)OC(C)(C)C)c1ccc(CCl)cc1. The Morgan fingerprint density at radius 1 is 0.857 bits per heavy atom. The molecule has 0 aliphatic heterocycles. The van der Waals surface area contributed by atoms with E-state index < -0.39 is 41.1 Å². The first kappa shape index (κ1) is 36.5. The number of benzene rings is 1. The summed E-state index contributed by atoms with van der Waals surface area (Å²) < 4.78 is 15.8. The Bertz CT molecular complexity index is 1100. The number of alkyl carbamates (subject to hydrolysis) is 2. The molecule has 1 rings (SSSR count). The molecule has 1 aromatic carbocycles. The Labute approximate surface area is 253 Å². The number of nitrogens with one attached hydrogen (secondary N) is 3. The van der Waals surface area contributed by atoms with Gasteiger partial charge in [-0.2, -0.15) is 0 Å². The molecule has 0 unspecified atom stereocenters. The van der Waals surface area contributed by atoms with Gasteiger partial charge >= 0.3 is 18.3 Å². The summed E-state index contributed by atoms with van der Waals surface area (Å²) in [7, 11) is 1.61. The van der Waals surface area contributed by atoms with Gasteiger partial charge in [-0.25, -0.2) is 14.4 Å². The van der Waals surface area contributed by atoms with Gasteiger partial charge in [0.05, 0.1) is 0 Å². The van der Waals surface area contributed by atoms with Gasteiger partial charge in [0.25, 0.3) is 0 Å². The van der Waals surface area contributed by atoms with E-state index in [-0.39, 0.29) is 24.8 Å². The molecule has 0 spiro atoms. The van der Waals surface area contributed by atoms with Crippen molar-refractivity contribution in [3.05, 3.63) is 29.8 Å². The molecular weight excluding hydrogens is 566 g/mol. The lowest BCUT2D eigenvalue weighted by atomic mass is 10.1. The number of hydrogen-bond acceptors (Lipinski definition) is 7. The van der Waals surface area contributed by atoms with Crippen LogP contribution in [0.4, 0.5) is 20.1 Å². The van der Waals surface area contributed by atoms with E-state index in [0.29, 0.717) is 18.0 Å². The molecule has 3 N–H and O–H groups in total. The zero-order chi connectivity index (χ0) is 32.3. The summed E-state index contributed by atoms with van der Waals surface area (Å²) in [6, 6.07) is 6.22. The number of carbonyl (C=O) groups is 4. The second-order valence-electron chi connectivity index (χ2n) is 12.5. The second kappa shape index (κ2) is 15.6. The maximum Gasteiger partial charge on any atom is 0.437 e. The second-order valence-corrected chi connectivity index (χ2v) is 12.8. The molecule has 0 aromatic heterocycles. The zero-order valence-corrected chi connectivity index (χ0v) is 27.1. The summed E-state index contributed by atoms with van der Waals surface area (Å²) in [5, 5.41) is 7.93. The van der Waals surface area contributed by atoms with Crippen molar-refractivity contribution >= 4 is 47.4 Å². The fraction of sp³-hybridized carbons (Fsp3) is 0.621. The van der Waals surface area contributed by atoms with Crippen LogP contribution in [0.1, 0.15) is 80.7 Å². The lowest BCUT2D eigenvalue weighted by Gasteiger charge is -2.27. The molecule has 13 heteroatoms. The lowest BCUT2D eigenvalue weighted by molar-refractivity contribution is -0.120. The highest BCUT2D eigenvalue weighted by atomic mass is 35.5. The highest BCUT2D eigenvalue weighted by Gasteiger charge is 2.27. The normalized spacial score (nSPS) is 13.0. The number of hydrogen-bond donors (Lipinski definition) is 3. The van der Waals surface area contributed by atoms with Crippen molar-refractivity contribution in [2.45, 2.75) is 104 Å². The number of likely N-dealkylation sites (N-methyl/N-ethyl adjacent to an activating group) is 1. The van der Waals surface area contributed by atoms with E-state index in [9.17, 15) is 19.2 Å². The average molecular weight is 612 g/mol. The van der Waals surface area contributed by atoms with Crippen molar-refractivity contribution in [1.82, 2.24) is 16.0 Å². The number of halogens is 1. The van der Waals surface area contributed by atoms with Crippen LogP contribution in [0.15, 0.2) is 29.3 Å². The average Bonchev–Trinajstić information content (AvgIpc) is 2.81. The van der Waals surface area contributed by atoms with E-state index in [0.717, 1.165) is 5.56 Å². The Morgan fingerprint density at radius 2 is 1.38 bits per heavy atom. The number of ether oxygens (including phenoxy) is 3. The van der Waals surface area contributed by atoms with Crippen LogP contribution < -0.4 is 20.9 Å². The van der Waals surface area contributed by atoms with Crippen LogP contribution in [0.2, 0.25) is 0 Å². The fourth-order valence-electron chi connectivity index (χ4n) is 3.28. The summed E-state index contributed by atoms with van der Waals surface area (Å²) in [5.41, 5.74) is -0.813. The molecule has 12 nitrogen and oxygen atoms in total. The van der Waals surface area contributed by atoms with E-state index in [2.05, 4.69) is 20.9 Å². The van der Waals surface area contributed by atoms with Crippen LogP contribution in [-0.4, -0.2) is 66.6 Å². The minimum atomic E-state index is -0.940. The molecule has 1 atom stereocenters. The largest absolute Gasteiger partial charge is 0.444 e. The van der Waals surface area contributed by atoms with Crippen LogP contribution in [0.25, 0.3) is 0 Å². The molecule has 0 saturated carbocycles. The number of amides is 4. The van der Waals surface area contributed by atoms with Crippen molar-refractivity contribution in [3.8, 4) is 0 Å². The van der Waals surface area contributed by atoms with E-state index in [1.54, 1.807) is 81.5 Å². The van der Waals surface area contributed by atoms with Crippen LogP contribution in [0.3, 0.4) is 0 Å². The molecule has 0 bridgehead atoms. The molecule has 42 heavy (non-hydrogen) atoms. The van der Waals surface area contributed by atoms with Gasteiger partial charge in [0, 0.05) is 25.2 Å². The molecule has 0 fully saturated rings. The van der Waals surface area contributed by atoms with E-state index in [4.69, 9.17) is 25.8 Å². The predicted octanol–water partition coefficient (Wildman–Crippen LogP) is 5.47. The summed E-state index contributed by atoms with van der Waals surface area (Å²) in [4.78, 5) is 55.9. The third-order valence-corrected chi connectivity index (χ3v) is 5.28. The number of aliphatic imine (C=N–C) groups is 1. The van der Waals surface area contributed by atoms with Gasteiger partial charge in [0.1, 0.15) is 22.8 Å². The molecule has 0 heterocycles. The third-order valence-electron chi connectivity index (χ3n) is 4.98. The minimum absolute atomic E-state index is 0.172. The Balaban J connectivity index is 3.03.